The summed E-state index contributed by atoms with van der Waals surface area (Å²) >= 11 is 0. The number of amides is 3. The summed E-state index contributed by atoms with van der Waals surface area (Å²) in [6.45, 7) is 0. The molecular formula is C19H21N3O6S. The molecule has 2 aromatic rings. The highest BCUT2D eigenvalue weighted by molar-refractivity contribution is 7.89. The molecule has 0 aliphatic carbocycles. The lowest BCUT2D eigenvalue weighted by molar-refractivity contribution is -0.129. The number of rotatable bonds is 6. The number of urea groups is 1. The topological polar surface area (TPSA) is 122 Å². The maximum absolute atomic E-state index is 12.5. The Morgan fingerprint density at radius 2 is 1.55 bits per heavy atom. The van der Waals surface area contributed by atoms with E-state index in [2.05, 4.69) is 10.6 Å². The quantitative estimate of drug-likeness (QED) is 0.681. The summed E-state index contributed by atoms with van der Waals surface area (Å²) in [5, 5.41) is 4.32. The zero-order valence-electron chi connectivity index (χ0n) is 16.1. The third kappa shape index (κ3) is 5.39. The van der Waals surface area contributed by atoms with Gasteiger partial charge in [-0.2, -0.15) is 0 Å². The van der Waals surface area contributed by atoms with Gasteiger partial charge in [-0.05, 0) is 24.3 Å². The van der Waals surface area contributed by atoms with Crippen LogP contribution in [0.15, 0.2) is 59.5 Å². The fraction of sp³-hybridized carbons (Fsp3) is 0.211. The number of carbonyl (C=O) groups excluding carboxylic acids is 3. The molecule has 0 bridgehead atoms. The van der Waals surface area contributed by atoms with Gasteiger partial charge in [0.1, 0.15) is 0 Å². The summed E-state index contributed by atoms with van der Waals surface area (Å²) in [6.07, 6.45) is -1.37. The second-order valence-corrected chi connectivity index (χ2v) is 8.23. The van der Waals surface area contributed by atoms with Crippen molar-refractivity contribution in [2.75, 3.05) is 21.1 Å². The largest absolute Gasteiger partial charge is 0.444 e. The molecule has 0 spiro atoms. The summed E-state index contributed by atoms with van der Waals surface area (Å²) in [7, 11) is 0.492. The van der Waals surface area contributed by atoms with E-state index in [0.717, 1.165) is 4.31 Å². The number of hydrogen-bond acceptors (Lipinski definition) is 6. The minimum absolute atomic E-state index is 0.0102. The molecule has 0 aliphatic rings. The average molecular weight is 419 g/mol. The third-order valence-electron chi connectivity index (χ3n) is 3.90. The van der Waals surface area contributed by atoms with Crippen LogP contribution in [0.25, 0.3) is 0 Å². The van der Waals surface area contributed by atoms with E-state index in [1.54, 1.807) is 30.3 Å². The smallest absolute Gasteiger partial charge is 0.339 e. The summed E-state index contributed by atoms with van der Waals surface area (Å²) in [4.78, 5) is 36.4. The van der Waals surface area contributed by atoms with E-state index in [1.165, 1.54) is 45.4 Å². The number of sulfonamides is 1. The van der Waals surface area contributed by atoms with Gasteiger partial charge < -0.3 is 10.1 Å². The Morgan fingerprint density at radius 1 is 0.966 bits per heavy atom. The molecule has 0 saturated heterocycles. The minimum Gasteiger partial charge on any atom is -0.444 e. The van der Waals surface area contributed by atoms with Crippen LogP contribution < -0.4 is 10.6 Å². The molecule has 154 valence electrons. The summed E-state index contributed by atoms with van der Waals surface area (Å²) < 4.78 is 30.6. The van der Waals surface area contributed by atoms with Crippen molar-refractivity contribution in [3.8, 4) is 0 Å². The molecule has 0 radical (unpaired) electrons. The van der Waals surface area contributed by atoms with Crippen molar-refractivity contribution in [3.63, 3.8) is 0 Å². The number of esters is 1. The molecule has 9 nitrogen and oxygen atoms in total. The predicted molar refractivity (Wildman–Crippen MR) is 105 cm³/mol. The van der Waals surface area contributed by atoms with Crippen molar-refractivity contribution >= 4 is 27.9 Å². The van der Waals surface area contributed by atoms with Crippen LogP contribution in [0, 0.1) is 0 Å². The number of carbonyl (C=O) groups is 3. The Hall–Kier alpha value is -3.24. The number of imide groups is 1. The fourth-order valence-corrected chi connectivity index (χ4v) is 3.19. The van der Waals surface area contributed by atoms with Gasteiger partial charge in [0.25, 0.3) is 5.91 Å². The molecule has 10 heteroatoms. The lowest BCUT2D eigenvalue weighted by atomic mass is 10.1. The fourth-order valence-electron chi connectivity index (χ4n) is 2.29. The number of nitrogens with one attached hydrogen (secondary N) is 2. The Morgan fingerprint density at radius 3 is 2.07 bits per heavy atom. The van der Waals surface area contributed by atoms with Gasteiger partial charge in [-0.25, -0.2) is 22.3 Å². The van der Waals surface area contributed by atoms with E-state index in [-0.39, 0.29) is 10.5 Å². The zero-order valence-corrected chi connectivity index (χ0v) is 16.9. The molecule has 0 unspecified atom stereocenters. The van der Waals surface area contributed by atoms with Gasteiger partial charge in [-0.1, -0.05) is 30.3 Å². The SMILES string of the molecule is CNC(=O)NC(=O)[C@H](OC(=O)c1ccc(S(=O)(=O)N(C)C)cc1)c1ccccc1. The molecule has 29 heavy (non-hydrogen) atoms. The highest BCUT2D eigenvalue weighted by Gasteiger charge is 2.27. The van der Waals surface area contributed by atoms with Crippen molar-refractivity contribution in [2.45, 2.75) is 11.0 Å². The van der Waals surface area contributed by atoms with E-state index in [4.69, 9.17) is 4.74 Å². The van der Waals surface area contributed by atoms with Crippen molar-refractivity contribution < 1.29 is 27.5 Å². The van der Waals surface area contributed by atoms with Gasteiger partial charge in [0.15, 0.2) is 0 Å². The Balaban J connectivity index is 2.25. The standard InChI is InChI=1S/C19H21N3O6S/c1-20-19(25)21-17(23)16(13-7-5-4-6-8-13)28-18(24)14-9-11-15(12-10-14)29(26,27)22(2)3/h4-12,16H,1-3H3,(H2,20,21,23,25)/t16-/m1/s1. The predicted octanol–water partition coefficient (Wildman–Crippen LogP) is 1.29. The number of benzene rings is 2. The zero-order chi connectivity index (χ0) is 21.6. The van der Waals surface area contributed by atoms with Gasteiger partial charge in [0.05, 0.1) is 10.5 Å². The summed E-state index contributed by atoms with van der Waals surface area (Å²) in [6, 6.07) is 12.6. The first kappa shape index (κ1) is 22.1. The van der Waals surface area contributed by atoms with Gasteiger partial charge in [0, 0.05) is 26.7 Å². The van der Waals surface area contributed by atoms with Crippen LogP contribution in [0.1, 0.15) is 22.0 Å². The van der Waals surface area contributed by atoms with Gasteiger partial charge in [-0.3, -0.25) is 10.1 Å². The van der Waals surface area contributed by atoms with E-state index >= 15 is 0 Å². The van der Waals surface area contributed by atoms with E-state index in [9.17, 15) is 22.8 Å². The van der Waals surface area contributed by atoms with Crippen LogP contribution >= 0.6 is 0 Å². The number of ether oxygens (including phenoxy) is 1. The third-order valence-corrected chi connectivity index (χ3v) is 5.73. The van der Waals surface area contributed by atoms with Crippen LogP contribution in [-0.2, 0) is 19.6 Å². The molecular weight excluding hydrogens is 398 g/mol. The van der Waals surface area contributed by atoms with Crippen LogP contribution in [0.2, 0.25) is 0 Å². The molecule has 2 aromatic carbocycles. The highest BCUT2D eigenvalue weighted by atomic mass is 32.2. The molecule has 0 aromatic heterocycles. The molecule has 0 aliphatic heterocycles. The van der Waals surface area contributed by atoms with Gasteiger partial charge >= 0.3 is 12.0 Å². The van der Waals surface area contributed by atoms with Gasteiger partial charge in [-0.15, -0.1) is 0 Å². The number of nitrogens with zero attached hydrogens (tertiary/aromatic N) is 1. The molecule has 0 fully saturated rings. The first-order chi connectivity index (χ1) is 13.7. The van der Waals surface area contributed by atoms with E-state index < -0.39 is 34.0 Å². The number of hydrogen-bond donors (Lipinski definition) is 2. The maximum Gasteiger partial charge on any atom is 0.339 e. The van der Waals surface area contributed by atoms with Crippen LogP contribution in [0.4, 0.5) is 4.79 Å². The normalized spacial score (nSPS) is 12.1. The monoisotopic (exact) mass is 419 g/mol. The maximum atomic E-state index is 12.5. The van der Waals surface area contributed by atoms with Gasteiger partial charge in [0.2, 0.25) is 16.1 Å². The first-order valence-electron chi connectivity index (χ1n) is 8.48. The van der Waals surface area contributed by atoms with Crippen LogP contribution in [0.5, 0.6) is 0 Å². The van der Waals surface area contributed by atoms with Crippen molar-refractivity contribution in [1.82, 2.24) is 14.9 Å². The Bertz CT molecular complexity index is 988. The average Bonchev–Trinajstić information content (AvgIpc) is 2.72. The summed E-state index contributed by atoms with van der Waals surface area (Å²) in [5.74, 6) is -1.67. The van der Waals surface area contributed by atoms with Crippen molar-refractivity contribution in [3.05, 3.63) is 65.7 Å². The molecule has 0 saturated carbocycles. The molecule has 2 N–H and O–H groups in total. The van der Waals surface area contributed by atoms with Crippen molar-refractivity contribution in [1.29, 1.82) is 0 Å². The van der Waals surface area contributed by atoms with Crippen molar-refractivity contribution in [2.24, 2.45) is 0 Å². The highest BCUT2D eigenvalue weighted by Crippen LogP contribution is 2.21. The minimum atomic E-state index is -3.64. The second-order valence-electron chi connectivity index (χ2n) is 6.08. The first-order valence-corrected chi connectivity index (χ1v) is 9.92. The van der Waals surface area contributed by atoms with E-state index in [0.29, 0.717) is 5.56 Å². The van der Waals surface area contributed by atoms with E-state index in [1.807, 2.05) is 0 Å². The lowest BCUT2D eigenvalue weighted by Crippen LogP contribution is -2.41. The second kappa shape index (κ2) is 9.30. The lowest BCUT2D eigenvalue weighted by Gasteiger charge is -2.18. The Labute approximate surface area is 168 Å². The van der Waals surface area contributed by atoms with Crippen LogP contribution in [0.3, 0.4) is 0 Å². The molecule has 2 rings (SSSR count). The molecule has 1 atom stereocenters. The Kier molecular flexibility index (Phi) is 7.08. The summed E-state index contributed by atoms with van der Waals surface area (Å²) in [5.41, 5.74) is 0.422. The van der Waals surface area contributed by atoms with Crippen LogP contribution in [-0.4, -0.2) is 51.8 Å². The molecule has 0 heterocycles. The molecule has 3 amide bonds.